The Bertz CT molecular complexity index is 687. The van der Waals surface area contributed by atoms with Crippen molar-refractivity contribution in [3.05, 3.63) is 39.4 Å². The molecule has 23 heavy (non-hydrogen) atoms. The zero-order chi connectivity index (χ0) is 17.2. The number of nitriles is 1. The van der Waals surface area contributed by atoms with Crippen molar-refractivity contribution < 1.29 is 22.9 Å². The number of carbonyl (C=O) groups excluding carboxylic acids is 1. The quantitative estimate of drug-likeness (QED) is 0.607. The molecule has 0 saturated carbocycles. The molecule has 1 aromatic rings. The van der Waals surface area contributed by atoms with E-state index in [9.17, 15) is 28.1 Å². The van der Waals surface area contributed by atoms with Crippen molar-refractivity contribution >= 4 is 23.4 Å². The molecule has 1 saturated heterocycles. The second-order valence-electron chi connectivity index (χ2n) is 4.74. The fourth-order valence-corrected chi connectivity index (χ4v) is 3.09. The van der Waals surface area contributed by atoms with Gasteiger partial charge >= 0.3 is 6.18 Å². The topological polar surface area (TPSA) is 87.2 Å². The third-order valence-electron chi connectivity index (χ3n) is 3.24. The van der Waals surface area contributed by atoms with E-state index in [1.54, 1.807) is 0 Å². The lowest BCUT2D eigenvalue weighted by molar-refractivity contribution is -0.385. The Morgan fingerprint density at radius 1 is 1.43 bits per heavy atom. The lowest BCUT2D eigenvalue weighted by atomic mass is 10.1. The molecule has 1 fully saturated rings. The molecule has 1 amide bonds. The van der Waals surface area contributed by atoms with Gasteiger partial charge in [-0.25, -0.2) is 0 Å². The highest BCUT2D eigenvalue weighted by molar-refractivity contribution is 7.99. The smallest absolute Gasteiger partial charge is 0.321 e. The van der Waals surface area contributed by atoms with E-state index < -0.39 is 39.9 Å². The van der Waals surface area contributed by atoms with Gasteiger partial charge in [0.05, 0.1) is 16.6 Å². The van der Waals surface area contributed by atoms with E-state index in [1.165, 1.54) is 11.8 Å². The first-order valence-electron chi connectivity index (χ1n) is 6.39. The summed E-state index contributed by atoms with van der Waals surface area (Å²) >= 11 is 1.45. The standard InChI is InChI=1S/C13H10F3N3O3S/c14-13(15,16)9-3-8(4-10(5-9)19(21)22)12(20)18-1-2-23-7-11(18)6-17/h3-5,11H,1-2,7H2/t11-/m1/s1. The van der Waals surface area contributed by atoms with Crippen molar-refractivity contribution in [1.29, 1.82) is 5.26 Å². The Kier molecular flexibility index (Phi) is 4.79. The van der Waals surface area contributed by atoms with Crippen LogP contribution in [0, 0.1) is 21.4 Å². The van der Waals surface area contributed by atoms with Crippen molar-refractivity contribution in [2.24, 2.45) is 0 Å². The highest BCUT2D eigenvalue weighted by Gasteiger charge is 2.35. The molecule has 10 heteroatoms. The van der Waals surface area contributed by atoms with Crippen LogP contribution in [0.15, 0.2) is 18.2 Å². The van der Waals surface area contributed by atoms with Gasteiger partial charge in [0.2, 0.25) is 0 Å². The Hall–Kier alpha value is -2.28. The van der Waals surface area contributed by atoms with Crippen LogP contribution in [0.5, 0.6) is 0 Å². The van der Waals surface area contributed by atoms with E-state index in [-0.39, 0.29) is 6.54 Å². The Labute approximate surface area is 133 Å². The SMILES string of the molecule is N#C[C@@H]1CSCCN1C(=O)c1cc([N+](=O)[O-])cc(C(F)(F)F)c1. The maximum Gasteiger partial charge on any atom is 0.416 e. The second kappa shape index (κ2) is 6.45. The maximum absolute atomic E-state index is 12.9. The molecule has 1 aliphatic rings. The average Bonchev–Trinajstić information content (AvgIpc) is 2.52. The molecule has 2 rings (SSSR count). The van der Waals surface area contributed by atoms with Gasteiger partial charge < -0.3 is 4.90 Å². The molecular formula is C13H10F3N3O3S. The number of non-ortho nitro benzene ring substituents is 1. The number of rotatable bonds is 2. The molecule has 1 atom stereocenters. The molecule has 0 aliphatic carbocycles. The number of nitrogens with zero attached hydrogens (tertiary/aromatic N) is 3. The Morgan fingerprint density at radius 2 is 2.13 bits per heavy atom. The summed E-state index contributed by atoms with van der Waals surface area (Å²) in [6.45, 7) is 0.200. The molecule has 1 heterocycles. The van der Waals surface area contributed by atoms with E-state index in [2.05, 4.69) is 0 Å². The van der Waals surface area contributed by atoms with Gasteiger partial charge in [0.15, 0.2) is 0 Å². The fourth-order valence-electron chi connectivity index (χ4n) is 2.12. The largest absolute Gasteiger partial charge is 0.416 e. The van der Waals surface area contributed by atoms with E-state index in [1.807, 2.05) is 6.07 Å². The first kappa shape index (κ1) is 17.1. The van der Waals surface area contributed by atoms with Crippen LogP contribution >= 0.6 is 11.8 Å². The molecular weight excluding hydrogens is 335 g/mol. The number of halogens is 3. The number of amides is 1. The molecule has 0 bridgehead atoms. The number of carbonyl (C=O) groups is 1. The van der Waals surface area contributed by atoms with Gasteiger partial charge in [-0.05, 0) is 6.07 Å². The Balaban J connectivity index is 2.45. The molecule has 122 valence electrons. The number of thioether (sulfide) groups is 1. The molecule has 0 aromatic heterocycles. The molecule has 0 spiro atoms. The number of alkyl halides is 3. The van der Waals surface area contributed by atoms with Crippen LogP contribution in [0.3, 0.4) is 0 Å². The van der Waals surface area contributed by atoms with Gasteiger partial charge in [-0.2, -0.15) is 30.2 Å². The van der Waals surface area contributed by atoms with Gasteiger partial charge in [-0.3, -0.25) is 14.9 Å². The normalized spacial score (nSPS) is 18.3. The summed E-state index contributed by atoms with van der Waals surface area (Å²) in [6.07, 6.45) is -4.81. The predicted molar refractivity (Wildman–Crippen MR) is 75.9 cm³/mol. The zero-order valence-electron chi connectivity index (χ0n) is 11.5. The molecule has 1 aliphatic heterocycles. The molecule has 0 unspecified atom stereocenters. The monoisotopic (exact) mass is 345 g/mol. The van der Waals surface area contributed by atoms with Gasteiger partial charge in [0, 0.05) is 35.7 Å². The summed E-state index contributed by atoms with van der Waals surface area (Å²) in [5.41, 5.74) is -2.53. The number of hydrogen-bond acceptors (Lipinski definition) is 5. The minimum absolute atomic E-state index is 0.200. The summed E-state index contributed by atoms with van der Waals surface area (Å²) in [6, 6.07) is 2.90. The number of nitro groups is 1. The van der Waals surface area contributed by atoms with Crippen molar-refractivity contribution in [2.45, 2.75) is 12.2 Å². The first-order chi connectivity index (χ1) is 10.7. The van der Waals surface area contributed by atoms with E-state index in [4.69, 9.17) is 5.26 Å². The third-order valence-corrected chi connectivity index (χ3v) is 4.26. The van der Waals surface area contributed by atoms with Gasteiger partial charge in [0.1, 0.15) is 6.04 Å². The highest BCUT2D eigenvalue weighted by Crippen LogP contribution is 2.33. The first-order valence-corrected chi connectivity index (χ1v) is 7.54. The predicted octanol–water partition coefficient (Wildman–Crippen LogP) is 2.69. The zero-order valence-corrected chi connectivity index (χ0v) is 12.4. The van der Waals surface area contributed by atoms with Crippen LogP contribution in [0.1, 0.15) is 15.9 Å². The van der Waals surface area contributed by atoms with E-state index >= 15 is 0 Å². The highest BCUT2D eigenvalue weighted by atomic mass is 32.2. The number of hydrogen-bond donors (Lipinski definition) is 0. The van der Waals surface area contributed by atoms with E-state index in [0.29, 0.717) is 23.6 Å². The van der Waals surface area contributed by atoms with Gasteiger partial charge in [0.25, 0.3) is 11.6 Å². The summed E-state index contributed by atoms with van der Waals surface area (Å²) in [5.74, 6) is 0.0833. The van der Waals surface area contributed by atoms with Gasteiger partial charge in [-0.15, -0.1) is 0 Å². The van der Waals surface area contributed by atoms with Crippen molar-refractivity contribution in [3.63, 3.8) is 0 Å². The van der Waals surface area contributed by atoms with Gasteiger partial charge in [-0.1, -0.05) is 0 Å². The number of nitro benzene ring substituents is 1. The average molecular weight is 345 g/mol. The maximum atomic E-state index is 12.9. The molecule has 0 N–H and O–H groups in total. The van der Waals surface area contributed by atoms with Crippen molar-refractivity contribution in [3.8, 4) is 6.07 Å². The molecule has 6 nitrogen and oxygen atoms in total. The minimum Gasteiger partial charge on any atom is -0.321 e. The van der Waals surface area contributed by atoms with Crippen molar-refractivity contribution in [2.75, 3.05) is 18.1 Å². The Morgan fingerprint density at radius 3 is 2.70 bits per heavy atom. The van der Waals surface area contributed by atoms with E-state index in [0.717, 1.165) is 11.0 Å². The molecule has 1 aromatic carbocycles. The van der Waals surface area contributed by atoms with Crippen LogP contribution in [0.4, 0.5) is 18.9 Å². The lowest BCUT2D eigenvalue weighted by Gasteiger charge is -2.31. The van der Waals surface area contributed by atoms with Crippen LogP contribution in [-0.2, 0) is 6.18 Å². The summed E-state index contributed by atoms with van der Waals surface area (Å²) in [5, 5.41) is 19.8. The van der Waals surface area contributed by atoms with Crippen LogP contribution in [0.25, 0.3) is 0 Å². The van der Waals surface area contributed by atoms with Crippen LogP contribution in [-0.4, -0.2) is 39.8 Å². The fraction of sp³-hybridized carbons (Fsp3) is 0.385. The third kappa shape index (κ3) is 3.73. The van der Waals surface area contributed by atoms with Crippen LogP contribution < -0.4 is 0 Å². The second-order valence-corrected chi connectivity index (χ2v) is 5.89. The van der Waals surface area contributed by atoms with Crippen molar-refractivity contribution in [1.82, 2.24) is 4.90 Å². The summed E-state index contributed by atoms with van der Waals surface area (Å²) in [4.78, 5) is 23.4. The number of benzene rings is 1. The summed E-state index contributed by atoms with van der Waals surface area (Å²) < 4.78 is 38.6. The minimum atomic E-state index is -4.81. The lowest BCUT2D eigenvalue weighted by Crippen LogP contribution is -2.45. The molecule has 0 radical (unpaired) electrons. The summed E-state index contributed by atoms with van der Waals surface area (Å²) in [7, 11) is 0. The van der Waals surface area contributed by atoms with Crippen LogP contribution in [0.2, 0.25) is 0 Å².